The first kappa shape index (κ1) is 19.3. The minimum atomic E-state index is -0.599. The monoisotopic (exact) mass is 402 g/mol. The van der Waals surface area contributed by atoms with Gasteiger partial charge in [-0.2, -0.15) is 0 Å². The second-order valence-electron chi connectivity index (χ2n) is 5.54. The van der Waals surface area contributed by atoms with Crippen molar-refractivity contribution < 1.29 is 14.6 Å². The van der Waals surface area contributed by atoms with Gasteiger partial charge in [0, 0.05) is 22.6 Å². The maximum atomic E-state index is 12.3. The summed E-state index contributed by atoms with van der Waals surface area (Å²) in [4.78, 5) is 16.8. The van der Waals surface area contributed by atoms with Crippen molar-refractivity contribution >= 4 is 29.0 Å². The molecule has 0 spiro atoms. The molecule has 0 aliphatic rings. The molecule has 140 valence electrons. The number of benzene rings is 1. The van der Waals surface area contributed by atoms with Gasteiger partial charge in [-0.05, 0) is 19.1 Å². The van der Waals surface area contributed by atoms with Gasteiger partial charge in [0.15, 0.2) is 9.35 Å². The molecule has 3 aromatic rings. The number of carbonyl (C=O) groups is 1. The number of aliphatic hydroxyl groups is 1. The van der Waals surface area contributed by atoms with Crippen LogP contribution in [0, 0.1) is 6.92 Å². The highest BCUT2D eigenvalue weighted by Crippen LogP contribution is 2.38. The van der Waals surface area contributed by atoms with Crippen LogP contribution in [0.3, 0.4) is 0 Å². The van der Waals surface area contributed by atoms with Gasteiger partial charge in [-0.1, -0.05) is 41.3 Å². The van der Waals surface area contributed by atoms with E-state index in [1.807, 2.05) is 37.3 Å². The molecule has 2 heterocycles. The second-order valence-corrected chi connectivity index (χ2v) is 7.86. The lowest BCUT2D eigenvalue weighted by atomic mass is 9.96. The van der Waals surface area contributed by atoms with Crippen molar-refractivity contribution in [2.45, 2.75) is 11.3 Å². The first-order valence-electron chi connectivity index (χ1n) is 8.07. The first-order valence-corrected chi connectivity index (χ1v) is 9.87. The predicted molar refractivity (Wildman–Crippen MR) is 106 cm³/mol. The average molecular weight is 403 g/mol. The van der Waals surface area contributed by atoms with E-state index in [0.29, 0.717) is 32.1 Å². The normalized spacial score (nSPS) is 10.8. The summed E-state index contributed by atoms with van der Waals surface area (Å²) < 4.78 is 6.13. The summed E-state index contributed by atoms with van der Waals surface area (Å²) in [6.45, 7) is 1.89. The Labute approximate surface area is 164 Å². The quantitative estimate of drug-likeness (QED) is 0.585. The zero-order chi connectivity index (χ0) is 19.4. The lowest BCUT2D eigenvalue weighted by Crippen LogP contribution is -2.15. The number of hydrogen-bond acceptors (Lipinski definition) is 8. The number of primary amides is 1. The number of ether oxygens (including phenoxy) is 1. The molecule has 0 radical (unpaired) electrons. The average Bonchev–Trinajstić information content (AvgIpc) is 3.14. The fourth-order valence-corrected chi connectivity index (χ4v) is 4.31. The summed E-state index contributed by atoms with van der Waals surface area (Å²) >= 11 is 2.70. The summed E-state index contributed by atoms with van der Waals surface area (Å²) in [5.41, 5.74) is 8.50. The molecule has 2 aromatic heterocycles. The van der Waals surface area contributed by atoms with E-state index >= 15 is 0 Å². The van der Waals surface area contributed by atoms with E-state index < -0.39 is 5.91 Å². The molecule has 1 aromatic carbocycles. The van der Waals surface area contributed by atoms with Gasteiger partial charge in [0.1, 0.15) is 11.4 Å². The summed E-state index contributed by atoms with van der Waals surface area (Å²) in [6.07, 6.45) is 0. The lowest BCUT2D eigenvalue weighted by Gasteiger charge is -2.14. The van der Waals surface area contributed by atoms with Crippen LogP contribution >= 0.6 is 23.1 Å². The molecule has 0 aliphatic carbocycles. The fraction of sp³-hybridized carbons (Fsp3) is 0.222. The Morgan fingerprint density at radius 3 is 2.78 bits per heavy atom. The molecule has 0 saturated heterocycles. The van der Waals surface area contributed by atoms with Crippen molar-refractivity contribution in [2.24, 2.45) is 5.73 Å². The number of aromatic nitrogens is 3. The topological polar surface area (TPSA) is 111 Å². The van der Waals surface area contributed by atoms with Gasteiger partial charge in [0.25, 0.3) is 5.91 Å². The number of methoxy groups -OCH3 is 1. The highest BCUT2D eigenvalue weighted by atomic mass is 32.2. The third kappa shape index (κ3) is 4.10. The number of para-hydroxylation sites is 1. The van der Waals surface area contributed by atoms with Crippen LogP contribution in [0.2, 0.25) is 0 Å². The van der Waals surface area contributed by atoms with Gasteiger partial charge in [-0.3, -0.25) is 4.79 Å². The number of rotatable bonds is 7. The molecule has 0 atom stereocenters. The van der Waals surface area contributed by atoms with Crippen molar-refractivity contribution in [1.82, 2.24) is 15.2 Å². The summed E-state index contributed by atoms with van der Waals surface area (Å²) in [5, 5.41) is 17.7. The molecule has 0 bridgehead atoms. The van der Waals surface area contributed by atoms with Crippen LogP contribution in [0.5, 0.6) is 5.75 Å². The molecular formula is C18H18N4O3S2. The Hall–Kier alpha value is -2.49. The molecule has 0 saturated carbocycles. The second kappa shape index (κ2) is 8.47. The molecule has 9 heteroatoms. The summed E-state index contributed by atoms with van der Waals surface area (Å²) in [5.74, 6) is 0.552. The van der Waals surface area contributed by atoms with Gasteiger partial charge in [0.05, 0.1) is 19.3 Å². The minimum Gasteiger partial charge on any atom is -0.496 e. The van der Waals surface area contributed by atoms with E-state index in [1.54, 1.807) is 7.11 Å². The Balaban J connectivity index is 2.19. The smallest absolute Gasteiger partial charge is 0.251 e. The van der Waals surface area contributed by atoms with Gasteiger partial charge in [-0.25, -0.2) is 4.98 Å². The van der Waals surface area contributed by atoms with E-state index in [-0.39, 0.29) is 12.2 Å². The van der Waals surface area contributed by atoms with E-state index in [1.165, 1.54) is 23.1 Å². The van der Waals surface area contributed by atoms with Gasteiger partial charge < -0.3 is 15.6 Å². The van der Waals surface area contributed by atoms with Crippen LogP contribution in [0.15, 0.2) is 34.7 Å². The number of aliphatic hydroxyl groups excluding tert-OH is 1. The first-order chi connectivity index (χ1) is 13.0. The van der Waals surface area contributed by atoms with Crippen LogP contribution in [0.4, 0.5) is 0 Å². The van der Waals surface area contributed by atoms with Crippen molar-refractivity contribution in [3.63, 3.8) is 0 Å². The fourth-order valence-electron chi connectivity index (χ4n) is 2.65. The molecular weight excluding hydrogens is 384 g/mol. The number of hydrogen-bond donors (Lipinski definition) is 2. The predicted octanol–water partition coefficient (Wildman–Crippen LogP) is 2.77. The number of aryl methyl sites for hydroxylation is 1. The Kier molecular flexibility index (Phi) is 6.04. The highest BCUT2D eigenvalue weighted by Gasteiger charge is 2.23. The third-order valence-corrected chi connectivity index (χ3v) is 5.76. The number of carbonyl (C=O) groups excluding carboxylic acids is 1. The molecule has 27 heavy (non-hydrogen) atoms. The van der Waals surface area contributed by atoms with Crippen LogP contribution in [0.1, 0.15) is 16.1 Å². The summed E-state index contributed by atoms with van der Waals surface area (Å²) in [7, 11) is 1.58. The number of amides is 1. The Morgan fingerprint density at radius 1 is 1.30 bits per heavy atom. The Morgan fingerprint density at radius 2 is 2.07 bits per heavy atom. The van der Waals surface area contributed by atoms with Crippen molar-refractivity contribution in [2.75, 3.05) is 19.5 Å². The molecule has 3 N–H and O–H groups in total. The van der Waals surface area contributed by atoms with E-state index in [2.05, 4.69) is 15.2 Å². The molecule has 1 amide bonds. The SMILES string of the molecule is COc1ccccc1-c1cc(C)nc(-c2nnc(SCCO)s2)c1C(N)=O. The van der Waals surface area contributed by atoms with Crippen LogP contribution in [0.25, 0.3) is 21.8 Å². The number of pyridine rings is 1. The maximum absolute atomic E-state index is 12.3. The highest BCUT2D eigenvalue weighted by molar-refractivity contribution is 8.01. The van der Waals surface area contributed by atoms with Crippen molar-refractivity contribution in [3.05, 3.63) is 41.6 Å². The minimum absolute atomic E-state index is 0.0484. The molecule has 0 unspecified atom stereocenters. The van der Waals surface area contributed by atoms with E-state index in [0.717, 1.165) is 11.3 Å². The van der Waals surface area contributed by atoms with E-state index in [4.69, 9.17) is 15.6 Å². The van der Waals surface area contributed by atoms with E-state index in [9.17, 15) is 4.79 Å². The Bertz CT molecular complexity index is 975. The molecule has 7 nitrogen and oxygen atoms in total. The van der Waals surface area contributed by atoms with Crippen LogP contribution < -0.4 is 10.5 Å². The number of nitrogens with two attached hydrogens (primary N) is 1. The van der Waals surface area contributed by atoms with Crippen molar-refractivity contribution in [1.29, 1.82) is 0 Å². The number of nitrogens with zero attached hydrogens (tertiary/aromatic N) is 3. The van der Waals surface area contributed by atoms with Gasteiger partial charge >= 0.3 is 0 Å². The van der Waals surface area contributed by atoms with Gasteiger partial charge in [0.2, 0.25) is 0 Å². The lowest BCUT2D eigenvalue weighted by molar-refractivity contribution is 0.100. The standard InChI is InChI=1S/C18H18N4O3S2/c1-10-9-12(11-5-3-4-6-13(11)25-2)14(16(19)24)15(20-10)17-21-22-18(27-17)26-8-7-23/h3-6,9,23H,7-8H2,1-2H3,(H2,19,24). The summed E-state index contributed by atoms with van der Waals surface area (Å²) in [6, 6.07) is 9.23. The van der Waals surface area contributed by atoms with Crippen molar-refractivity contribution in [3.8, 4) is 27.6 Å². The number of thioether (sulfide) groups is 1. The largest absolute Gasteiger partial charge is 0.496 e. The molecule has 0 aliphatic heterocycles. The van der Waals surface area contributed by atoms with Crippen LogP contribution in [-0.2, 0) is 0 Å². The maximum Gasteiger partial charge on any atom is 0.251 e. The molecule has 3 rings (SSSR count). The molecule has 0 fully saturated rings. The third-order valence-electron chi connectivity index (χ3n) is 3.72. The zero-order valence-electron chi connectivity index (χ0n) is 14.8. The van der Waals surface area contributed by atoms with Crippen LogP contribution in [-0.4, -0.2) is 45.7 Å². The van der Waals surface area contributed by atoms with Gasteiger partial charge in [-0.15, -0.1) is 10.2 Å². The zero-order valence-corrected chi connectivity index (χ0v) is 16.4.